The van der Waals surface area contributed by atoms with Crippen LogP contribution in [-0.2, 0) is 13.1 Å². The molecule has 2 heterocycles. The lowest BCUT2D eigenvalue weighted by Gasteiger charge is -2.31. The van der Waals surface area contributed by atoms with Crippen LogP contribution in [0.3, 0.4) is 0 Å². The van der Waals surface area contributed by atoms with Gasteiger partial charge in [0.05, 0.1) is 18.0 Å². The highest BCUT2D eigenvalue weighted by Gasteiger charge is 2.19. The van der Waals surface area contributed by atoms with Crippen LogP contribution >= 0.6 is 0 Å². The third-order valence-corrected chi connectivity index (χ3v) is 4.40. The highest BCUT2D eigenvalue weighted by molar-refractivity contribution is 5.49. The number of aryl methyl sites for hydroxylation is 1. The van der Waals surface area contributed by atoms with Gasteiger partial charge in [-0.2, -0.15) is 5.10 Å². The molecule has 6 heteroatoms. The molecule has 0 atom stereocenters. The van der Waals surface area contributed by atoms with Crippen LogP contribution in [0.5, 0.6) is 0 Å². The smallest absolute Gasteiger partial charge is 0.146 e. The van der Waals surface area contributed by atoms with Gasteiger partial charge in [0.2, 0.25) is 0 Å². The molecule has 1 aliphatic heterocycles. The van der Waals surface area contributed by atoms with Gasteiger partial charge in [0, 0.05) is 37.4 Å². The molecule has 124 valence electrons. The number of aliphatic hydroxyl groups is 1. The maximum absolute atomic E-state index is 14.3. The Morgan fingerprint density at radius 1 is 1.35 bits per heavy atom. The minimum absolute atomic E-state index is 0.194. The van der Waals surface area contributed by atoms with Crippen LogP contribution in [0.4, 0.5) is 10.1 Å². The zero-order valence-corrected chi connectivity index (χ0v) is 13.3. The number of aliphatic hydroxyl groups excluding tert-OH is 1. The SMILES string of the molecule is Cc1[nH]ncc1CNCc1ccc(N2CCC(O)CC2)c(F)c1. The minimum Gasteiger partial charge on any atom is -0.393 e. The van der Waals surface area contributed by atoms with Gasteiger partial charge in [-0.15, -0.1) is 0 Å². The van der Waals surface area contributed by atoms with E-state index in [1.807, 2.05) is 24.0 Å². The Bertz CT molecular complexity index is 650. The zero-order chi connectivity index (χ0) is 16.2. The van der Waals surface area contributed by atoms with Crippen LogP contribution < -0.4 is 10.2 Å². The maximum atomic E-state index is 14.3. The number of nitrogens with one attached hydrogen (secondary N) is 2. The molecule has 1 fully saturated rings. The second-order valence-corrected chi connectivity index (χ2v) is 6.13. The molecule has 2 aromatic rings. The largest absolute Gasteiger partial charge is 0.393 e. The van der Waals surface area contributed by atoms with E-state index < -0.39 is 0 Å². The summed E-state index contributed by atoms with van der Waals surface area (Å²) in [6, 6.07) is 5.39. The van der Waals surface area contributed by atoms with Gasteiger partial charge in [0.1, 0.15) is 5.82 Å². The Balaban J connectivity index is 1.57. The standard InChI is InChI=1S/C17H23FN4O/c1-12-14(11-20-21-12)10-19-9-13-2-3-17(16(18)8-13)22-6-4-15(23)5-7-22/h2-3,8,11,15,19,23H,4-7,9-10H2,1H3,(H,20,21). The van der Waals surface area contributed by atoms with Gasteiger partial charge < -0.3 is 15.3 Å². The van der Waals surface area contributed by atoms with Gasteiger partial charge in [-0.05, 0) is 37.5 Å². The van der Waals surface area contributed by atoms with E-state index in [1.54, 1.807) is 12.3 Å². The number of H-pyrrole nitrogens is 1. The Morgan fingerprint density at radius 3 is 2.78 bits per heavy atom. The minimum atomic E-state index is -0.246. The fourth-order valence-corrected chi connectivity index (χ4v) is 2.92. The summed E-state index contributed by atoms with van der Waals surface area (Å²) >= 11 is 0. The number of benzene rings is 1. The molecule has 1 aromatic carbocycles. The van der Waals surface area contributed by atoms with Crippen molar-refractivity contribution in [2.45, 2.75) is 39.0 Å². The van der Waals surface area contributed by atoms with Gasteiger partial charge in [0.25, 0.3) is 0 Å². The number of rotatable bonds is 5. The third-order valence-electron chi connectivity index (χ3n) is 4.40. The van der Waals surface area contributed by atoms with Gasteiger partial charge in [-0.25, -0.2) is 4.39 Å². The number of hydrogen-bond donors (Lipinski definition) is 3. The molecule has 0 radical (unpaired) electrons. The maximum Gasteiger partial charge on any atom is 0.146 e. The number of piperidine rings is 1. The molecule has 0 saturated carbocycles. The molecule has 0 unspecified atom stereocenters. The van der Waals surface area contributed by atoms with Crippen molar-refractivity contribution < 1.29 is 9.50 Å². The molecule has 0 spiro atoms. The molecule has 23 heavy (non-hydrogen) atoms. The first-order valence-electron chi connectivity index (χ1n) is 8.04. The molecule has 3 N–H and O–H groups in total. The van der Waals surface area contributed by atoms with Crippen LogP contribution in [0.15, 0.2) is 24.4 Å². The highest BCUT2D eigenvalue weighted by Crippen LogP contribution is 2.24. The monoisotopic (exact) mass is 318 g/mol. The van der Waals surface area contributed by atoms with E-state index in [1.165, 1.54) is 0 Å². The molecule has 0 bridgehead atoms. The van der Waals surface area contributed by atoms with Crippen molar-refractivity contribution in [3.8, 4) is 0 Å². The molecular formula is C17H23FN4O. The second kappa shape index (κ2) is 7.10. The first-order valence-corrected chi connectivity index (χ1v) is 8.04. The summed E-state index contributed by atoms with van der Waals surface area (Å²) in [5.41, 5.74) is 3.72. The number of aromatic nitrogens is 2. The predicted molar refractivity (Wildman–Crippen MR) is 87.7 cm³/mol. The van der Waals surface area contributed by atoms with E-state index in [9.17, 15) is 9.50 Å². The summed E-state index contributed by atoms with van der Waals surface area (Å²) in [5.74, 6) is -0.194. The molecule has 0 amide bonds. The molecule has 1 saturated heterocycles. The fourth-order valence-electron chi connectivity index (χ4n) is 2.92. The Hall–Kier alpha value is -1.92. The van der Waals surface area contributed by atoms with E-state index in [4.69, 9.17) is 0 Å². The third kappa shape index (κ3) is 3.89. The number of nitrogens with zero attached hydrogens (tertiary/aromatic N) is 2. The van der Waals surface area contributed by atoms with Crippen molar-refractivity contribution in [3.63, 3.8) is 0 Å². The Morgan fingerprint density at radius 2 is 2.13 bits per heavy atom. The predicted octanol–water partition coefficient (Wildman–Crippen LogP) is 2.11. The fraction of sp³-hybridized carbons (Fsp3) is 0.471. The zero-order valence-electron chi connectivity index (χ0n) is 13.3. The summed E-state index contributed by atoms with van der Waals surface area (Å²) in [6.45, 7) is 4.70. The average Bonchev–Trinajstić information content (AvgIpc) is 2.94. The lowest BCUT2D eigenvalue weighted by molar-refractivity contribution is 0.145. The van der Waals surface area contributed by atoms with Crippen molar-refractivity contribution in [2.75, 3.05) is 18.0 Å². The van der Waals surface area contributed by atoms with E-state index in [0.29, 0.717) is 44.7 Å². The van der Waals surface area contributed by atoms with Crippen molar-refractivity contribution in [3.05, 3.63) is 47.0 Å². The summed E-state index contributed by atoms with van der Waals surface area (Å²) in [4.78, 5) is 2.01. The van der Waals surface area contributed by atoms with E-state index in [-0.39, 0.29) is 11.9 Å². The lowest BCUT2D eigenvalue weighted by atomic mass is 10.1. The van der Waals surface area contributed by atoms with Crippen LogP contribution in [0, 0.1) is 12.7 Å². The average molecular weight is 318 g/mol. The second-order valence-electron chi connectivity index (χ2n) is 6.13. The van der Waals surface area contributed by atoms with Gasteiger partial charge >= 0.3 is 0 Å². The van der Waals surface area contributed by atoms with Crippen LogP contribution in [0.1, 0.15) is 29.7 Å². The van der Waals surface area contributed by atoms with Gasteiger partial charge in [-0.3, -0.25) is 5.10 Å². The molecule has 0 aliphatic carbocycles. The molecular weight excluding hydrogens is 295 g/mol. The topological polar surface area (TPSA) is 64.2 Å². The van der Waals surface area contributed by atoms with Crippen LogP contribution in [0.25, 0.3) is 0 Å². The highest BCUT2D eigenvalue weighted by atomic mass is 19.1. The summed E-state index contributed by atoms with van der Waals surface area (Å²) in [6.07, 6.45) is 2.96. The van der Waals surface area contributed by atoms with Crippen molar-refractivity contribution in [1.82, 2.24) is 15.5 Å². The Kier molecular flexibility index (Phi) is 4.93. The van der Waals surface area contributed by atoms with E-state index in [0.717, 1.165) is 16.8 Å². The molecule has 5 nitrogen and oxygen atoms in total. The lowest BCUT2D eigenvalue weighted by Crippen LogP contribution is -2.36. The normalized spacial score (nSPS) is 16.0. The number of hydrogen-bond acceptors (Lipinski definition) is 4. The first kappa shape index (κ1) is 16.0. The number of aromatic amines is 1. The van der Waals surface area contributed by atoms with E-state index >= 15 is 0 Å². The summed E-state index contributed by atoms with van der Waals surface area (Å²) < 4.78 is 14.3. The van der Waals surface area contributed by atoms with Crippen LogP contribution in [-0.4, -0.2) is 34.5 Å². The van der Waals surface area contributed by atoms with E-state index in [2.05, 4.69) is 15.5 Å². The summed E-state index contributed by atoms with van der Waals surface area (Å²) in [5, 5.41) is 19.7. The molecule has 1 aliphatic rings. The molecule has 3 rings (SSSR count). The van der Waals surface area contributed by atoms with Crippen molar-refractivity contribution in [1.29, 1.82) is 0 Å². The Labute approximate surface area is 135 Å². The van der Waals surface area contributed by atoms with Crippen molar-refractivity contribution in [2.24, 2.45) is 0 Å². The van der Waals surface area contributed by atoms with Gasteiger partial charge in [0.15, 0.2) is 0 Å². The van der Waals surface area contributed by atoms with Gasteiger partial charge in [-0.1, -0.05) is 6.07 Å². The van der Waals surface area contributed by atoms with Crippen LogP contribution in [0.2, 0.25) is 0 Å². The number of anilines is 1. The molecule has 1 aromatic heterocycles. The quantitative estimate of drug-likeness (QED) is 0.790. The number of halogens is 1. The van der Waals surface area contributed by atoms with Crippen molar-refractivity contribution >= 4 is 5.69 Å². The first-order chi connectivity index (χ1) is 11.1. The summed E-state index contributed by atoms with van der Waals surface area (Å²) in [7, 11) is 0.